The SMILES string of the molecule is O=C(NO)c1ccc(C(=O)N2CCC(C(=O)O)CC2)s1. The summed E-state index contributed by atoms with van der Waals surface area (Å²) in [6.45, 7) is 0.796. The Bertz CT molecular complexity index is 534. The van der Waals surface area contributed by atoms with E-state index in [1.807, 2.05) is 0 Å². The van der Waals surface area contributed by atoms with Gasteiger partial charge in [-0.25, -0.2) is 5.48 Å². The Balaban J connectivity index is 2.00. The van der Waals surface area contributed by atoms with Gasteiger partial charge >= 0.3 is 5.97 Å². The number of carbonyl (C=O) groups is 3. The van der Waals surface area contributed by atoms with E-state index in [0.717, 1.165) is 11.3 Å². The standard InChI is InChI=1S/C12H14N2O5S/c15-10(13-19)8-1-2-9(20-8)11(16)14-5-3-7(4-6-14)12(17)18/h1-2,7,19H,3-6H2,(H,13,15)(H,17,18). The van der Waals surface area contributed by atoms with E-state index in [4.69, 9.17) is 10.3 Å². The van der Waals surface area contributed by atoms with E-state index >= 15 is 0 Å². The van der Waals surface area contributed by atoms with Crippen molar-refractivity contribution in [1.82, 2.24) is 10.4 Å². The number of carboxylic acids is 1. The number of aliphatic carboxylic acids is 1. The Labute approximate surface area is 118 Å². The van der Waals surface area contributed by atoms with Crippen LogP contribution in [-0.4, -0.2) is 46.1 Å². The second-order valence-electron chi connectivity index (χ2n) is 4.51. The van der Waals surface area contributed by atoms with E-state index in [2.05, 4.69) is 0 Å². The zero-order chi connectivity index (χ0) is 14.7. The summed E-state index contributed by atoms with van der Waals surface area (Å²) in [5.74, 6) is -2.08. The maximum absolute atomic E-state index is 12.2. The Morgan fingerprint density at radius 2 is 1.80 bits per heavy atom. The summed E-state index contributed by atoms with van der Waals surface area (Å²) in [6.07, 6.45) is 0.882. The molecule has 108 valence electrons. The molecule has 8 heteroatoms. The summed E-state index contributed by atoms with van der Waals surface area (Å²) in [4.78, 5) is 36.5. The van der Waals surface area contributed by atoms with E-state index in [9.17, 15) is 14.4 Å². The second kappa shape index (κ2) is 6.02. The quantitative estimate of drug-likeness (QED) is 0.565. The molecule has 1 saturated heterocycles. The van der Waals surface area contributed by atoms with Gasteiger partial charge in [-0.3, -0.25) is 19.6 Å². The molecule has 0 atom stereocenters. The first-order valence-corrected chi connectivity index (χ1v) is 6.91. The Hall–Kier alpha value is -1.93. The number of rotatable bonds is 3. The summed E-state index contributed by atoms with van der Waals surface area (Å²) in [6, 6.07) is 2.99. The molecule has 2 amide bonds. The van der Waals surface area contributed by atoms with Crippen LogP contribution in [0.2, 0.25) is 0 Å². The van der Waals surface area contributed by atoms with Crippen molar-refractivity contribution >= 4 is 29.1 Å². The molecule has 0 aliphatic carbocycles. The lowest BCUT2D eigenvalue weighted by molar-refractivity contribution is -0.143. The van der Waals surface area contributed by atoms with Gasteiger partial charge in [0.15, 0.2) is 0 Å². The van der Waals surface area contributed by atoms with Gasteiger partial charge in [-0.1, -0.05) is 0 Å². The summed E-state index contributed by atoms with van der Waals surface area (Å²) in [5.41, 5.74) is 1.51. The maximum Gasteiger partial charge on any atom is 0.306 e. The monoisotopic (exact) mass is 298 g/mol. The highest BCUT2D eigenvalue weighted by atomic mass is 32.1. The predicted octanol–water partition coefficient (Wildman–Crippen LogP) is 0.804. The Morgan fingerprint density at radius 3 is 2.35 bits per heavy atom. The fourth-order valence-electron chi connectivity index (χ4n) is 2.12. The second-order valence-corrected chi connectivity index (χ2v) is 5.59. The van der Waals surface area contributed by atoms with Crippen LogP contribution >= 0.6 is 11.3 Å². The highest BCUT2D eigenvalue weighted by Gasteiger charge is 2.28. The average molecular weight is 298 g/mol. The summed E-state index contributed by atoms with van der Waals surface area (Å²) in [7, 11) is 0. The molecule has 7 nitrogen and oxygen atoms in total. The van der Waals surface area contributed by atoms with Gasteiger partial charge in [-0.05, 0) is 25.0 Å². The van der Waals surface area contributed by atoms with Crippen LogP contribution in [0.15, 0.2) is 12.1 Å². The number of piperidine rings is 1. The van der Waals surface area contributed by atoms with E-state index in [1.54, 1.807) is 4.90 Å². The lowest BCUT2D eigenvalue weighted by atomic mass is 9.97. The molecule has 1 aromatic heterocycles. The molecule has 2 rings (SSSR count). The van der Waals surface area contributed by atoms with E-state index < -0.39 is 17.8 Å². The number of likely N-dealkylation sites (tertiary alicyclic amines) is 1. The molecule has 1 aliphatic heterocycles. The minimum absolute atomic E-state index is 0.212. The van der Waals surface area contributed by atoms with Crippen LogP contribution in [0.4, 0.5) is 0 Å². The lowest BCUT2D eigenvalue weighted by Gasteiger charge is -2.29. The molecule has 0 unspecified atom stereocenters. The first-order valence-electron chi connectivity index (χ1n) is 6.09. The number of nitrogens with one attached hydrogen (secondary N) is 1. The van der Waals surface area contributed by atoms with Crippen LogP contribution in [0.1, 0.15) is 32.2 Å². The molecular weight excluding hydrogens is 284 g/mol. The molecule has 20 heavy (non-hydrogen) atoms. The maximum atomic E-state index is 12.2. The molecule has 3 N–H and O–H groups in total. The van der Waals surface area contributed by atoms with E-state index in [0.29, 0.717) is 30.8 Å². The third kappa shape index (κ3) is 2.97. The molecule has 1 aromatic rings. The molecule has 0 bridgehead atoms. The molecule has 1 fully saturated rings. The molecule has 0 spiro atoms. The van der Waals surface area contributed by atoms with Gasteiger partial charge < -0.3 is 10.0 Å². The normalized spacial score (nSPS) is 15.9. The number of nitrogens with zero attached hydrogens (tertiary/aromatic N) is 1. The zero-order valence-corrected chi connectivity index (χ0v) is 11.4. The molecule has 0 radical (unpaired) electrons. The Morgan fingerprint density at radius 1 is 1.20 bits per heavy atom. The number of carbonyl (C=O) groups excluding carboxylic acids is 2. The van der Waals surface area contributed by atoms with Crippen molar-refractivity contribution < 1.29 is 24.7 Å². The third-order valence-corrected chi connectivity index (χ3v) is 4.35. The first kappa shape index (κ1) is 14.5. The number of hydrogen-bond acceptors (Lipinski definition) is 5. The van der Waals surface area contributed by atoms with Gasteiger partial charge in [-0.2, -0.15) is 0 Å². The minimum atomic E-state index is -0.824. The van der Waals surface area contributed by atoms with Crippen molar-refractivity contribution in [3.63, 3.8) is 0 Å². The number of thiophene rings is 1. The van der Waals surface area contributed by atoms with Gasteiger partial charge in [0.05, 0.1) is 15.7 Å². The van der Waals surface area contributed by atoms with Crippen LogP contribution in [0.3, 0.4) is 0 Å². The average Bonchev–Trinajstić information content (AvgIpc) is 2.95. The van der Waals surface area contributed by atoms with Crippen LogP contribution in [0.5, 0.6) is 0 Å². The number of hydroxylamine groups is 1. The van der Waals surface area contributed by atoms with Crippen LogP contribution in [0, 0.1) is 5.92 Å². The molecule has 0 saturated carbocycles. The highest BCUT2D eigenvalue weighted by Crippen LogP contribution is 2.22. The summed E-state index contributed by atoms with van der Waals surface area (Å²) < 4.78 is 0. The summed E-state index contributed by atoms with van der Waals surface area (Å²) >= 11 is 0.995. The predicted molar refractivity (Wildman–Crippen MR) is 69.8 cm³/mol. The van der Waals surface area contributed by atoms with Crippen molar-refractivity contribution in [2.75, 3.05) is 13.1 Å². The fourth-order valence-corrected chi connectivity index (χ4v) is 2.98. The van der Waals surface area contributed by atoms with E-state index in [-0.39, 0.29) is 10.8 Å². The van der Waals surface area contributed by atoms with Gasteiger partial charge in [0.1, 0.15) is 0 Å². The third-order valence-electron chi connectivity index (χ3n) is 3.27. The van der Waals surface area contributed by atoms with Crippen LogP contribution < -0.4 is 5.48 Å². The van der Waals surface area contributed by atoms with Gasteiger partial charge in [0.25, 0.3) is 11.8 Å². The van der Waals surface area contributed by atoms with Crippen molar-refractivity contribution in [2.24, 2.45) is 5.92 Å². The van der Waals surface area contributed by atoms with Crippen molar-refractivity contribution in [1.29, 1.82) is 0 Å². The van der Waals surface area contributed by atoms with Crippen LogP contribution in [0.25, 0.3) is 0 Å². The first-order chi connectivity index (χ1) is 9.52. The molecule has 0 aromatic carbocycles. The van der Waals surface area contributed by atoms with E-state index in [1.165, 1.54) is 17.6 Å². The molecule has 2 heterocycles. The highest BCUT2D eigenvalue weighted by molar-refractivity contribution is 7.15. The van der Waals surface area contributed by atoms with Crippen LogP contribution in [-0.2, 0) is 4.79 Å². The minimum Gasteiger partial charge on any atom is -0.481 e. The Kier molecular flexibility index (Phi) is 4.35. The lowest BCUT2D eigenvalue weighted by Crippen LogP contribution is -2.39. The van der Waals surface area contributed by atoms with Gasteiger partial charge in [0.2, 0.25) is 0 Å². The fraction of sp³-hybridized carbons (Fsp3) is 0.417. The topological polar surface area (TPSA) is 107 Å². The zero-order valence-electron chi connectivity index (χ0n) is 10.5. The molecule has 1 aliphatic rings. The number of carboxylic acid groups (broad SMARTS) is 1. The van der Waals surface area contributed by atoms with Gasteiger partial charge in [-0.15, -0.1) is 11.3 Å². The largest absolute Gasteiger partial charge is 0.481 e. The summed E-state index contributed by atoms with van der Waals surface area (Å²) in [5, 5.41) is 17.4. The van der Waals surface area contributed by atoms with Crippen molar-refractivity contribution in [3.8, 4) is 0 Å². The number of hydrogen-bond donors (Lipinski definition) is 3. The molecular formula is C12H14N2O5S. The van der Waals surface area contributed by atoms with Crippen molar-refractivity contribution in [3.05, 3.63) is 21.9 Å². The smallest absolute Gasteiger partial charge is 0.306 e. The number of amides is 2. The van der Waals surface area contributed by atoms with Crippen molar-refractivity contribution in [2.45, 2.75) is 12.8 Å². The van der Waals surface area contributed by atoms with Gasteiger partial charge in [0, 0.05) is 13.1 Å².